The van der Waals surface area contributed by atoms with Crippen LogP contribution < -0.4 is 10.6 Å². The molecule has 1 aliphatic rings. The lowest BCUT2D eigenvalue weighted by Gasteiger charge is -2.34. The Kier molecular flexibility index (Phi) is 7.17. The molecule has 6 heteroatoms. The lowest BCUT2D eigenvalue weighted by atomic mass is 10.2. The minimum Gasteiger partial charge on any atom is -0.326 e. The summed E-state index contributed by atoms with van der Waals surface area (Å²) in [6.07, 6.45) is 0.461. The summed E-state index contributed by atoms with van der Waals surface area (Å²) in [7, 11) is 0. The van der Waals surface area contributed by atoms with Crippen molar-refractivity contribution in [1.82, 2.24) is 9.80 Å². The van der Waals surface area contributed by atoms with Crippen molar-refractivity contribution < 1.29 is 9.59 Å². The molecule has 3 rings (SSSR count). The molecule has 0 atom stereocenters. The summed E-state index contributed by atoms with van der Waals surface area (Å²) >= 11 is 0. The predicted molar refractivity (Wildman–Crippen MR) is 112 cm³/mol. The molecule has 1 saturated heterocycles. The molecule has 148 valence electrons. The van der Waals surface area contributed by atoms with E-state index in [1.165, 1.54) is 12.5 Å². The Labute approximate surface area is 166 Å². The molecule has 0 radical (unpaired) electrons. The molecular weight excluding hydrogens is 352 g/mol. The van der Waals surface area contributed by atoms with Gasteiger partial charge >= 0.3 is 0 Å². The van der Waals surface area contributed by atoms with Crippen LogP contribution in [-0.2, 0) is 16.1 Å². The van der Waals surface area contributed by atoms with Gasteiger partial charge in [0.05, 0.1) is 0 Å². The second-order valence-electron chi connectivity index (χ2n) is 7.16. The van der Waals surface area contributed by atoms with Crippen LogP contribution in [0.5, 0.6) is 0 Å². The van der Waals surface area contributed by atoms with Gasteiger partial charge in [-0.15, -0.1) is 0 Å². The molecule has 0 bridgehead atoms. The number of nitrogens with one attached hydrogen (secondary N) is 2. The van der Waals surface area contributed by atoms with Crippen LogP contribution in [0, 0.1) is 0 Å². The van der Waals surface area contributed by atoms with E-state index in [1.54, 1.807) is 12.1 Å². The quantitative estimate of drug-likeness (QED) is 0.775. The van der Waals surface area contributed by atoms with E-state index in [0.717, 1.165) is 39.3 Å². The second-order valence-corrected chi connectivity index (χ2v) is 7.16. The van der Waals surface area contributed by atoms with E-state index in [1.807, 2.05) is 18.2 Å². The summed E-state index contributed by atoms with van der Waals surface area (Å²) in [5.41, 5.74) is 2.72. The molecule has 6 nitrogen and oxygen atoms in total. The number of nitrogens with zero attached hydrogens (tertiary/aromatic N) is 2. The Hall–Kier alpha value is -2.70. The summed E-state index contributed by atoms with van der Waals surface area (Å²) < 4.78 is 0. The summed E-state index contributed by atoms with van der Waals surface area (Å²) in [4.78, 5) is 28.2. The number of rotatable bonds is 7. The van der Waals surface area contributed by atoms with Gasteiger partial charge in [-0.1, -0.05) is 36.4 Å². The number of piperazine rings is 1. The van der Waals surface area contributed by atoms with E-state index in [-0.39, 0.29) is 11.8 Å². The van der Waals surface area contributed by atoms with Crippen molar-refractivity contribution in [2.24, 2.45) is 0 Å². The van der Waals surface area contributed by atoms with Crippen LogP contribution in [0.3, 0.4) is 0 Å². The maximum Gasteiger partial charge on any atom is 0.225 e. The zero-order valence-electron chi connectivity index (χ0n) is 16.4. The minimum absolute atomic E-state index is 0.00769. The van der Waals surface area contributed by atoms with Crippen LogP contribution >= 0.6 is 0 Å². The first-order valence-corrected chi connectivity index (χ1v) is 9.74. The number of hydrogen-bond donors (Lipinski definition) is 2. The molecule has 1 heterocycles. The fourth-order valence-corrected chi connectivity index (χ4v) is 3.37. The Morgan fingerprint density at radius 1 is 0.857 bits per heavy atom. The Bertz CT molecular complexity index is 786. The summed E-state index contributed by atoms with van der Waals surface area (Å²) in [5, 5.41) is 5.63. The molecule has 2 aromatic rings. The van der Waals surface area contributed by atoms with Gasteiger partial charge in [0.1, 0.15) is 0 Å². The van der Waals surface area contributed by atoms with Gasteiger partial charge in [-0.25, -0.2) is 0 Å². The molecule has 0 spiro atoms. The highest BCUT2D eigenvalue weighted by molar-refractivity contribution is 5.93. The number of benzene rings is 2. The molecule has 28 heavy (non-hydrogen) atoms. The van der Waals surface area contributed by atoms with Crippen molar-refractivity contribution in [3.63, 3.8) is 0 Å². The van der Waals surface area contributed by atoms with Crippen molar-refractivity contribution in [3.05, 3.63) is 60.2 Å². The van der Waals surface area contributed by atoms with Gasteiger partial charge in [0.15, 0.2) is 0 Å². The standard InChI is InChI=1S/C22H28N4O2/c1-18(27)23-20-8-5-9-21(16-20)24-22(28)10-11-25-12-14-26(15-13-25)17-19-6-3-2-4-7-19/h2-9,16H,10-15,17H2,1H3,(H,23,27)(H,24,28). The normalized spacial score (nSPS) is 15.2. The fourth-order valence-electron chi connectivity index (χ4n) is 3.37. The molecule has 0 aromatic heterocycles. The largest absolute Gasteiger partial charge is 0.326 e. The Morgan fingerprint density at radius 3 is 2.18 bits per heavy atom. The fraction of sp³-hybridized carbons (Fsp3) is 0.364. The monoisotopic (exact) mass is 380 g/mol. The van der Waals surface area contributed by atoms with Crippen LogP contribution in [0.15, 0.2) is 54.6 Å². The average molecular weight is 380 g/mol. The van der Waals surface area contributed by atoms with Crippen LogP contribution in [-0.4, -0.2) is 54.3 Å². The zero-order valence-corrected chi connectivity index (χ0v) is 16.4. The lowest BCUT2D eigenvalue weighted by Crippen LogP contribution is -2.46. The number of carbonyl (C=O) groups is 2. The highest BCUT2D eigenvalue weighted by Crippen LogP contribution is 2.15. The molecule has 0 saturated carbocycles. The van der Waals surface area contributed by atoms with Gasteiger partial charge in [-0.2, -0.15) is 0 Å². The topological polar surface area (TPSA) is 64.7 Å². The first kappa shape index (κ1) is 20.0. The van der Waals surface area contributed by atoms with Gasteiger partial charge < -0.3 is 15.5 Å². The third kappa shape index (κ3) is 6.48. The molecule has 2 aromatic carbocycles. The maximum absolute atomic E-state index is 12.3. The van der Waals surface area contributed by atoms with E-state index in [9.17, 15) is 9.59 Å². The molecule has 2 amide bonds. The first-order chi connectivity index (χ1) is 13.6. The molecule has 1 aliphatic heterocycles. The molecule has 0 unspecified atom stereocenters. The molecular formula is C22H28N4O2. The lowest BCUT2D eigenvalue weighted by molar-refractivity contribution is -0.116. The van der Waals surface area contributed by atoms with E-state index in [4.69, 9.17) is 0 Å². The minimum atomic E-state index is -0.130. The van der Waals surface area contributed by atoms with Crippen molar-refractivity contribution in [3.8, 4) is 0 Å². The van der Waals surface area contributed by atoms with E-state index in [2.05, 4.69) is 44.7 Å². The first-order valence-electron chi connectivity index (χ1n) is 9.74. The smallest absolute Gasteiger partial charge is 0.225 e. The van der Waals surface area contributed by atoms with Crippen LogP contribution in [0.1, 0.15) is 18.9 Å². The average Bonchev–Trinajstić information content (AvgIpc) is 2.68. The number of hydrogen-bond acceptors (Lipinski definition) is 4. The van der Waals surface area contributed by atoms with Crippen molar-refractivity contribution in [2.75, 3.05) is 43.4 Å². The summed E-state index contributed by atoms with van der Waals surface area (Å²) in [6.45, 7) is 7.22. The van der Waals surface area contributed by atoms with Crippen LogP contribution in [0.25, 0.3) is 0 Å². The van der Waals surface area contributed by atoms with Gasteiger partial charge in [0, 0.05) is 64.0 Å². The van der Waals surface area contributed by atoms with Gasteiger partial charge in [-0.05, 0) is 23.8 Å². The van der Waals surface area contributed by atoms with E-state index >= 15 is 0 Å². The predicted octanol–water partition coefficient (Wildman–Crippen LogP) is 2.79. The number of anilines is 2. The SMILES string of the molecule is CC(=O)Nc1cccc(NC(=O)CCN2CCN(Cc3ccccc3)CC2)c1. The van der Waals surface area contributed by atoms with Gasteiger partial charge in [-0.3, -0.25) is 14.5 Å². The summed E-state index contributed by atoms with van der Waals surface area (Å²) in [5.74, 6) is -0.137. The highest BCUT2D eigenvalue weighted by atomic mass is 16.2. The Balaban J connectivity index is 1.38. The number of amides is 2. The van der Waals surface area contributed by atoms with Crippen molar-refractivity contribution in [2.45, 2.75) is 19.9 Å². The van der Waals surface area contributed by atoms with E-state index < -0.39 is 0 Å². The third-order valence-corrected chi connectivity index (χ3v) is 4.84. The van der Waals surface area contributed by atoms with E-state index in [0.29, 0.717) is 17.8 Å². The molecule has 1 fully saturated rings. The van der Waals surface area contributed by atoms with Crippen molar-refractivity contribution >= 4 is 23.2 Å². The number of carbonyl (C=O) groups excluding carboxylic acids is 2. The third-order valence-electron chi connectivity index (χ3n) is 4.84. The van der Waals surface area contributed by atoms with Gasteiger partial charge in [0.25, 0.3) is 0 Å². The second kappa shape index (κ2) is 10.0. The van der Waals surface area contributed by atoms with Crippen molar-refractivity contribution in [1.29, 1.82) is 0 Å². The van der Waals surface area contributed by atoms with Crippen LogP contribution in [0.2, 0.25) is 0 Å². The Morgan fingerprint density at radius 2 is 1.50 bits per heavy atom. The van der Waals surface area contributed by atoms with Crippen LogP contribution in [0.4, 0.5) is 11.4 Å². The maximum atomic E-state index is 12.3. The molecule has 2 N–H and O–H groups in total. The zero-order chi connectivity index (χ0) is 19.8. The highest BCUT2D eigenvalue weighted by Gasteiger charge is 2.17. The summed E-state index contributed by atoms with van der Waals surface area (Å²) in [6, 6.07) is 17.7. The molecule has 0 aliphatic carbocycles. The van der Waals surface area contributed by atoms with Gasteiger partial charge in [0.2, 0.25) is 11.8 Å².